The van der Waals surface area contributed by atoms with E-state index < -0.39 is 17.1 Å². The Kier molecular flexibility index (Phi) is 7.95. The Labute approximate surface area is 200 Å². The summed E-state index contributed by atoms with van der Waals surface area (Å²) in [4.78, 5) is 38.4. The standard InChI is InChI=1S/C21H18BrIN2O4S/c1-2-9-29-17-8-3-13(10-16(17)22)11-18-20(27)25(21(28)30-18)12-19(26)24-15-6-4-14(23)5-7-15/h3-8,10-11H,2,9,12H2,1H3,(H,24,26)/b18-11-. The van der Waals surface area contributed by atoms with E-state index in [9.17, 15) is 14.4 Å². The van der Waals surface area contributed by atoms with Gasteiger partial charge in [0.05, 0.1) is 16.0 Å². The molecular weight excluding hydrogens is 583 g/mol. The molecule has 1 saturated heterocycles. The molecule has 0 bridgehead atoms. The lowest BCUT2D eigenvalue weighted by molar-refractivity contribution is -0.127. The molecule has 0 radical (unpaired) electrons. The van der Waals surface area contributed by atoms with Crippen molar-refractivity contribution in [2.45, 2.75) is 13.3 Å². The van der Waals surface area contributed by atoms with Crippen LogP contribution in [-0.2, 0) is 9.59 Å². The highest BCUT2D eigenvalue weighted by atomic mass is 127. The number of carbonyl (C=O) groups excluding carboxylic acids is 3. The molecule has 156 valence electrons. The number of nitrogens with one attached hydrogen (secondary N) is 1. The molecular formula is C21H18BrIN2O4S. The number of halogens is 2. The maximum absolute atomic E-state index is 12.6. The molecule has 0 spiro atoms. The van der Waals surface area contributed by atoms with Crippen molar-refractivity contribution in [3.05, 3.63) is 61.0 Å². The van der Waals surface area contributed by atoms with Crippen LogP contribution in [0.25, 0.3) is 6.08 Å². The van der Waals surface area contributed by atoms with Gasteiger partial charge in [-0.05, 0) is 105 Å². The van der Waals surface area contributed by atoms with Crippen LogP contribution in [-0.4, -0.2) is 35.1 Å². The topological polar surface area (TPSA) is 75.7 Å². The summed E-state index contributed by atoms with van der Waals surface area (Å²) in [7, 11) is 0. The van der Waals surface area contributed by atoms with Crippen LogP contribution in [0.2, 0.25) is 0 Å². The lowest BCUT2D eigenvalue weighted by Crippen LogP contribution is -2.36. The van der Waals surface area contributed by atoms with E-state index in [1.165, 1.54) is 0 Å². The number of benzene rings is 2. The molecule has 0 aromatic heterocycles. The summed E-state index contributed by atoms with van der Waals surface area (Å²) in [5.74, 6) is -0.195. The Bertz CT molecular complexity index is 1010. The van der Waals surface area contributed by atoms with Crippen molar-refractivity contribution >= 4 is 79.1 Å². The van der Waals surface area contributed by atoms with Crippen molar-refractivity contribution in [1.82, 2.24) is 4.90 Å². The van der Waals surface area contributed by atoms with E-state index in [1.807, 2.05) is 37.3 Å². The Balaban J connectivity index is 1.67. The number of hydrogen-bond donors (Lipinski definition) is 1. The van der Waals surface area contributed by atoms with E-state index in [-0.39, 0.29) is 11.4 Å². The highest BCUT2D eigenvalue weighted by Crippen LogP contribution is 2.34. The minimum atomic E-state index is -0.481. The third-order valence-electron chi connectivity index (χ3n) is 4.02. The van der Waals surface area contributed by atoms with Crippen LogP contribution >= 0.6 is 50.3 Å². The third-order valence-corrected chi connectivity index (χ3v) is 6.26. The van der Waals surface area contributed by atoms with Gasteiger partial charge in [0.1, 0.15) is 12.3 Å². The maximum Gasteiger partial charge on any atom is 0.294 e. The predicted octanol–water partition coefficient (Wildman–Crippen LogP) is 5.52. The Morgan fingerprint density at radius 2 is 1.97 bits per heavy atom. The number of rotatable bonds is 7. The summed E-state index contributed by atoms with van der Waals surface area (Å²) < 4.78 is 7.42. The van der Waals surface area contributed by atoms with Crippen LogP contribution in [0.4, 0.5) is 10.5 Å². The van der Waals surface area contributed by atoms with Crippen LogP contribution in [0, 0.1) is 3.57 Å². The maximum atomic E-state index is 12.6. The van der Waals surface area contributed by atoms with Gasteiger partial charge in [0, 0.05) is 9.26 Å². The Hall–Kier alpha value is -1.85. The summed E-state index contributed by atoms with van der Waals surface area (Å²) in [5.41, 5.74) is 1.36. The number of ether oxygens (including phenoxy) is 1. The highest BCUT2D eigenvalue weighted by molar-refractivity contribution is 14.1. The molecule has 1 aliphatic rings. The molecule has 30 heavy (non-hydrogen) atoms. The molecule has 3 rings (SSSR count). The molecule has 1 N–H and O–H groups in total. The van der Waals surface area contributed by atoms with Crippen molar-refractivity contribution in [3.8, 4) is 5.75 Å². The van der Waals surface area contributed by atoms with Crippen molar-refractivity contribution in [2.75, 3.05) is 18.5 Å². The zero-order valence-corrected chi connectivity index (χ0v) is 20.5. The van der Waals surface area contributed by atoms with Gasteiger partial charge < -0.3 is 10.1 Å². The first-order chi connectivity index (χ1) is 14.4. The molecule has 0 saturated carbocycles. The van der Waals surface area contributed by atoms with Crippen LogP contribution in [0.3, 0.4) is 0 Å². The van der Waals surface area contributed by atoms with E-state index in [0.29, 0.717) is 12.3 Å². The fourth-order valence-electron chi connectivity index (χ4n) is 2.60. The fourth-order valence-corrected chi connectivity index (χ4v) is 4.31. The molecule has 9 heteroatoms. The third kappa shape index (κ3) is 5.86. The zero-order valence-electron chi connectivity index (χ0n) is 16.0. The van der Waals surface area contributed by atoms with Gasteiger partial charge in [-0.1, -0.05) is 13.0 Å². The Morgan fingerprint density at radius 1 is 1.23 bits per heavy atom. The predicted molar refractivity (Wildman–Crippen MR) is 130 cm³/mol. The molecule has 0 unspecified atom stereocenters. The van der Waals surface area contributed by atoms with Crippen LogP contribution in [0.5, 0.6) is 5.75 Å². The summed E-state index contributed by atoms with van der Waals surface area (Å²) in [6.07, 6.45) is 2.54. The molecule has 1 aliphatic heterocycles. The molecule has 0 aliphatic carbocycles. The first-order valence-corrected chi connectivity index (χ1v) is 11.8. The van der Waals surface area contributed by atoms with Crippen LogP contribution in [0.1, 0.15) is 18.9 Å². The zero-order chi connectivity index (χ0) is 21.7. The van der Waals surface area contributed by atoms with Gasteiger partial charge in [-0.3, -0.25) is 19.3 Å². The number of thioether (sulfide) groups is 1. The second-order valence-electron chi connectivity index (χ2n) is 6.36. The van der Waals surface area contributed by atoms with E-state index in [2.05, 4.69) is 43.8 Å². The second kappa shape index (κ2) is 10.5. The average molecular weight is 601 g/mol. The number of imide groups is 1. The van der Waals surface area contributed by atoms with Gasteiger partial charge in [-0.15, -0.1) is 0 Å². The van der Waals surface area contributed by atoms with Gasteiger partial charge in [0.25, 0.3) is 11.1 Å². The first-order valence-electron chi connectivity index (χ1n) is 9.10. The summed E-state index contributed by atoms with van der Waals surface area (Å²) in [6, 6.07) is 12.7. The Morgan fingerprint density at radius 3 is 2.63 bits per heavy atom. The molecule has 6 nitrogen and oxygen atoms in total. The normalized spacial score (nSPS) is 15.0. The van der Waals surface area contributed by atoms with Gasteiger partial charge in [-0.2, -0.15) is 0 Å². The van der Waals surface area contributed by atoms with E-state index in [1.54, 1.807) is 18.2 Å². The largest absolute Gasteiger partial charge is 0.492 e. The second-order valence-corrected chi connectivity index (χ2v) is 9.45. The molecule has 2 aromatic carbocycles. The molecule has 1 fully saturated rings. The first kappa shape index (κ1) is 22.8. The number of hydrogen-bond acceptors (Lipinski definition) is 5. The smallest absolute Gasteiger partial charge is 0.294 e. The minimum absolute atomic E-state index is 0.274. The van der Waals surface area contributed by atoms with Gasteiger partial charge >= 0.3 is 0 Å². The van der Waals surface area contributed by atoms with Crippen molar-refractivity contribution in [1.29, 1.82) is 0 Å². The number of amides is 3. The van der Waals surface area contributed by atoms with E-state index in [0.717, 1.165) is 42.4 Å². The fraction of sp³-hybridized carbons (Fsp3) is 0.190. The number of nitrogens with zero attached hydrogens (tertiary/aromatic N) is 1. The summed E-state index contributed by atoms with van der Waals surface area (Å²) in [5, 5.41) is 2.23. The van der Waals surface area contributed by atoms with Crippen molar-refractivity contribution in [2.24, 2.45) is 0 Å². The SMILES string of the molecule is CCCOc1ccc(/C=C2\SC(=O)N(CC(=O)Nc3ccc(I)cc3)C2=O)cc1Br. The summed E-state index contributed by atoms with van der Waals surface area (Å²) in [6.45, 7) is 2.31. The highest BCUT2D eigenvalue weighted by Gasteiger charge is 2.36. The summed E-state index contributed by atoms with van der Waals surface area (Å²) >= 11 is 6.45. The molecule has 1 heterocycles. The van der Waals surface area contributed by atoms with E-state index >= 15 is 0 Å². The average Bonchev–Trinajstić information content (AvgIpc) is 2.96. The van der Waals surface area contributed by atoms with Crippen LogP contribution in [0.15, 0.2) is 51.8 Å². The molecule has 2 aromatic rings. The van der Waals surface area contributed by atoms with E-state index in [4.69, 9.17) is 4.74 Å². The van der Waals surface area contributed by atoms with Gasteiger partial charge in [0.15, 0.2) is 0 Å². The lowest BCUT2D eigenvalue weighted by atomic mass is 10.2. The number of carbonyl (C=O) groups is 3. The van der Waals surface area contributed by atoms with Gasteiger partial charge in [-0.25, -0.2) is 0 Å². The monoisotopic (exact) mass is 600 g/mol. The minimum Gasteiger partial charge on any atom is -0.492 e. The number of anilines is 1. The van der Waals surface area contributed by atoms with Crippen molar-refractivity contribution in [3.63, 3.8) is 0 Å². The molecule has 3 amide bonds. The van der Waals surface area contributed by atoms with Gasteiger partial charge in [0.2, 0.25) is 5.91 Å². The van der Waals surface area contributed by atoms with Crippen LogP contribution < -0.4 is 10.1 Å². The lowest BCUT2D eigenvalue weighted by Gasteiger charge is -2.12. The quantitative estimate of drug-likeness (QED) is 0.335. The molecule has 0 atom stereocenters. The van der Waals surface area contributed by atoms with Crippen molar-refractivity contribution < 1.29 is 19.1 Å².